The molecule has 8 heteroatoms. The molecule has 1 aromatic rings. The molecule has 0 spiro atoms. The second-order valence-electron chi connectivity index (χ2n) is 3.43. The highest BCUT2D eigenvalue weighted by atomic mass is 19.1. The number of H-pyrrole nitrogens is 1. The van der Waals surface area contributed by atoms with Crippen LogP contribution in [0.5, 0.6) is 0 Å². The van der Waals surface area contributed by atoms with E-state index in [1.165, 1.54) is 0 Å². The van der Waals surface area contributed by atoms with Crippen LogP contribution in [0.4, 0.5) is 4.39 Å². The van der Waals surface area contributed by atoms with Crippen molar-refractivity contribution in [1.82, 2.24) is 9.55 Å². The zero-order valence-corrected chi connectivity index (χ0v) is 7.96. The molecule has 1 aliphatic rings. The Hall–Kier alpha value is -1.51. The molecule has 3 N–H and O–H groups in total. The van der Waals surface area contributed by atoms with E-state index in [0.717, 1.165) is 4.57 Å². The van der Waals surface area contributed by atoms with Crippen LogP contribution in [0, 0.1) is 5.82 Å². The summed E-state index contributed by atoms with van der Waals surface area (Å²) in [7, 11) is 0. The first-order valence-corrected chi connectivity index (χ1v) is 4.51. The average Bonchev–Trinajstić information content (AvgIpc) is 2.53. The summed E-state index contributed by atoms with van der Waals surface area (Å²) in [6.07, 6.45) is -2.95. The van der Waals surface area contributed by atoms with Crippen molar-refractivity contribution in [3.63, 3.8) is 0 Å². The van der Waals surface area contributed by atoms with Gasteiger partial charge in [-0.05, 0) is 0 Å². The van der Waals surface area contributed by atoms with Crippen molar-refractivity contribution in [2.75, 3.05) is 0 Å². The Labute approximate surface area is 87.7 Å². The van der Waals surface area contributed by atoms with Gasteiger partial charge in [-0.15, -0.1) is 0 Å². The lowest BCUT2D eigenvalue weighted by atomic mass is 10.2. The Morgan fingerprint density at radius 3 is 2.75 bits per heavy atom. The summed E-state index contributed by atoms with van der Waals surface area (Å²) >= 11 is 0. The molecule has 0 unspecified atom stereocenters. The molecule has 0 bridgehead atoms. The van der Waals surface area contributed by atoms with E-state index in [4.69, 9.17) is 9.84 Å². The Kier molecular flexibility index (Phi) is 2.62. The molecule has 1 saturated heterocycles. The molecule has 2 rings (SSSR count). The van der Waals surface area contributed by atoms with Gasteiger partial charge in [0.05, 0.1) is 6.20 Å². The molecule has 88 valence electrons. The maximum absolute atomic E-state index is 12.9. The first-order valence-electron chi connectivity index (χ1n) is 4.51. The second kappa shape index (κ2) is 3.81. The molecular formula is C8H9FN2O5. The zero-order valence-electron chi connectivity index (χ0n) is 7.96. The first kappa shape index (κ1) is 11.0. The van der Waals surface area contributed by atoms with Gasteiger partial charge in [-0.1, -0.05) is 0 Å². The van der Waals surface area contributed by atoms with Gasteiger partial charge in [-0.3, -0.25) is 14.3 Å². The van der Waals surface area contributed by atoms with E-state index >= 15 is 0 Å². The normalized spacial score (nSPS) is 29.6. The summed E-state index contributed by atoms with van der Waals surface area (Å²) in [4.78, 5) is 23.8. The van der Waals surface area contributed by atoms with Crippen LogP contribution < -0.4 is 11.2 Å². The van der Waals surface area contributed by atoms with Crippen molar-refractivity contribution in [3.05, 3.63) is 32.9 Å². The number of hydrogen-bond donors (Lipinski definition) is 3. The number of aromatic nitrogens is 2. The highest BCUT2D eigenvalue weighted by Gasteiger charge is 2.34. The third-order valence-corrected chi connectivity index (χ3v) is 2.30. The Morgan fingerprint density at radius 1 is 1.50 bits per heavy atom. The van der Waals surface area contributed by atoms with Gasteiger partial charge in [0.15, 0.2) is 6.29 Å². The highest BCUT2D eigenvalue weighted by molar-refractivity contribution is 4.89. The van der Waals surface area contributed by atoms with Gasteiger partial charge < -0.3 is 14.9 Å². The van der Waals surface area contributed by atoms with E-state index in [1.54, 1.807) is 4.98 Å². The molecule has 0 radical (unpaired) electrons. The van der Waals surface area contributed by atoms with Crippen LogP contribution in [0.1, 0.15) is 12.6 Å². The Morgan fingerprint density at radius 2 is 2.19 bits per heavy atom. The minimum Gasteiger partial charge on any atom is -0.388 e. The third kappa shape index (κ3) is 1.77. The van der Waals surface area contributed by atoms with E-state index in [0.29, 0.717) is 6.20 Å². The maximum atomic E-state index is 12.9. The molecule has 1 fully saturated rings. The smallest absolute Gasteiger partial charge is 0.330 e. The van der Waals surface area contributed by atoms with Crippen LogP contribution >= 0.6 is 0 Å². The van der Waals surface area contributed by atoms with Crippen LogP contribution in [0.15, 0.2) is 15.8 Å². The van der Waals surface area contributed by atoms with E-state index in [-0.39, 0.29) is 6.42 Å². The maximum Gasteiger partial charge on any atom is 0.330 e. The molecule has 7 nitrogen and oxygen atoms in total. The summed E-state index contributed by atoms with van der Waals surface area (Å²) in [5.41, 5.74) is -1.99. The summed E-state index contributed by atoms with van der Waals surface area (Å²) in [5.74, 6) is -1.14. The van der Waals surface area contributed by atoms with Gasteiger partial charge in [0.25, 0.3) is 5.56 Å². The highest BCUT2D eigenvalue weighted by Crippen LogP contribution is 2.25. The lowest BCUT2D eigenvalue weighted by Crippen LogP contribution is -2.33. The fourth-order valence-corrected chi connectivity index (χ4v) is 1.48. The van der Waals surface area contributed by atoms with Crippen molar-refractivity contribution in [1.29, 1.82) is 0 Å². The lowest BCUT2D eigenvalue weighted by Gasteiger charge is -2.12. The van der Waals surface area contributed by atoms with Gasteiger partial charge in [0.1, 0.15) is 12.3 Å². The third-order valence-electron chi connectivity index (χ3n) is 2.30. The number of nitrogens with zero attached hydrogens (tertiary/aromatic N) is 1. The zero-order chi connectivity index (χ0) is 11.9. The van der Waals surface area contributed by atoms with Crippen molar-refractivity contribution in [3.8, 4) is 0 Å². The molecule has 3 atom stereocenters. The van der Waals surface area contributed by atoms with Crippen LogP contribution in [-0.4, -0.2) is 32.2 Å². The quantitative estimate of drug-likeness (QED) is 0.534. The summed E-state index contributed by atoms with van der Waals surface area (Å²) in [5, 5.41) is 18.3. The topological polar surface area (TPSA) is 105 Å². The van der Waals surface area contributed by atoms with Gasteiger partial charge in [-0.2, -0.15) is 4.39 Å². The molecule has 0 amide bonds. The predicted octanol–water partition coefficient (Wildman–Crippen LogP) is -1.73. The second-order valence-corrected chi connectivity index (χ2v) is 3.43. The predicted molar refractivity (Wildman–Crippen MR) is 48.0 cm³/mol. The average molecular weight is 232 g/mol. The molecule has 1 aliphatic heterocycles. The molecule has 0 saturated carbocycles. The standard InChI is InChI=1S/C8H9FN2O5/c9-3-2-11(8(15)10-6(3)13)5-1-4(12)7(14)16-5/h2,4-5,7,12,14H,1H2,(H,10,13,15)/t4-,5+,7-/m0/s1. The largest absolute Gasteiger partial charge is 0.388 e. The Balaban J connectivity index is 2.39. The van der Waals surface area contributed by atoms with Crippen LogP contribution in [0.2, 0.25) is 0 Å². The van der Waals surface area contributed by atoms with E-state index in [2.05, 4.69) is 0 Å². The molecule has 2 heterocycles. The van der Waals surface area contributed by atoms with Gasteiger partial charge >= 0.3 is 5.69 Å². The SMILES string of the molecule is O=c1[nH]c(=O)n([C@H]2C[C@H](O)[C@@H](O)O2)cc1F. The number of aliphatic hydroxyl groups excluding tert-OH is 2. The number of rotatable bonds is 1. The number of ether oxygens (including phenoxy) is 1. The number of halogens is 1. The van der Waals surface area contributed by atoms with E-state index in [9.17, 15) is 19.1 Å². The fourth-order valence-electron chi connectivity index (χ4n) is 1.48. The van der Waals surface area contributed by atoms with Gasteiger partial charge in [-0.25, -0.2) is 4.79 Å². The summed E-state index contributed by atoms with van der Waals surface area (Å²) < 4.78 is 18.5. The minimum atomic E-state index is -1.42. The molecule has 0 aromatic carbocycles. The van der Waals surface area contributed by atoms with Crippen molar-refractivity contribution in [2.24, 2.45) is 0 Å². The van der Waals surface area contributed by atoms with Crippen molar-refractivity contribution >= 4 is 0 Å². The van der Waals surface area contributed by atoms with Gasteiger partial charge in [0, 0.05) is 6.42 Å². The van der Waals surface area contributed by atoms with Crippen molar-refractivity contribution < 1.29 is 19.3 Å². The molecule has 0 aliphatic carbocycles. The number of hydrogen-bond acceptors (Lipinski definition) is 5. The van der Waals surface area contributed by atoms with E-state index in [1.807, 2.05) is 0 Å². The molecule has 1 aromatic heterocycles. The monoisotopic (exact) mass is 232 g/mol. The number of aliphatic hydroxyl groups is 2. The van der Waals surface area contributed by atoms with E-state index < -0.39 is 35.7 Å². The minimum absolute atomic E-state index is 0.0629. The first-order chi connectivity index (χ1) is 7.49. The number of nitrogens with one attached hydrogen (secondary N) is 1. The van der Waals surface area contributed by atoms with Crippen LogP contribution in [-0.2, 0) is 4.74 Å². The van der Waals surface area contributed by atoms with Crippen LogP contribution in [0.25, 0.3) is 0 Å². The molecular weight excluding hydrogens is 223 g/mol. The summed E-state index contributed by atoms with van der Waals surface area (Å²) in [6, 6.07) is 0. The fraction of sp³-hybridized carbons (Fsp3) is 0.500. The Bertz CT molecular complexity index is 500. The lowest BCUT2D eigenvalue weighted by molar-refractivity contribution is -0.142. The van der Waals surface area contributed by atoms with Crippen LogP contribution in [0.3, 0.4) is 0 Å². The summed E-state index contributed by atoms with van der Waals surface area (Å²) in [6.45, 7) is 0. The molecule has 16 heavy (non-hydrogen) atoms. The van der Waals surface area contributed by atoms with Gasteiger partial charge in [0.2, 0.25) is 5.82 Å². The van der Waals surface area contributed by atoms with Crippen molar-refractivity contribution in [2.45, 2.75) is 25.0 Å². The number of aromatic amines is 1.